The van der Waals surface area contributed by atoms with Crippen molar-refractivity contribution in [3.05, 3.63) is 50.6 Å². The van der Waals surface area contributed by atoms with E-state index in [0.29, 0.717) is 6.54 Å². The van der Waals surface area contributed by atoms with Gasteiger partial charge in [-0.2, -0.15) is 0 Å². The average Bonchev–Trinajstić information content (AvgIpc) is 2.46. The summed E-state index contributed by atoms with van der Waals surface area (Å²) in [6.45, 7) is 0.667. The van der Waals surface area contributed by atoms with E-state index in [2.05, 4.69) is 27.9 Å². The average molecular weight is 404 g/mol. The lowest BCUT2D eigenvalue weighted by Crippen LogP contribution is -2.01. The van der Waals surface area contributed by atoms with Crippen LogP contribution in [-0.2, 0) is 6.54 Å². The lowest BCUT2D eigenvalue weighted by atomic mass is 10.2. The number of ether oxygens (including phenoxy) is 2. The molecule has 0 aliphatic heterocycles. The van der Waals surface area contributed by atoms with Crippen molar-refractivity contribution in [3.63, 3.8) is 0 Å². The molecule has 1 N–H and O–H groups in total. The van der Waals surface area contributed by atoms with Gasteiger partial charge in [-0.05, 0) is 58.5 Å². The molecular weight excluding hydrogens is 389 g/mol. The van der Waals surface area contributed by atoms with Crippen LogP contribution in [0.2, 0.25) is 5.02 Å². The van der Waals surface area contributed by atoms with Crippen molar-refractivity contribution in [1.29, 1.82) is 0 Å². The Morgan fingerprint density at radius 1 is 1.05 bits per heavy atom. The molecule has 0 radical (unpaired) electrons. The highest BCUT2D eigenvalue weighted by Crippen LogP contribution is 2.29. The maximum atomic E-state index is 6.19. The summed E-state index contributed by atoms with van der Waals surface area (Å²) in [4.78, 5) is 0. The van der Waals surface area contributed by atoms with Gasteiger partial charge in [0.05, 0.1) is 24.9 Å². The first-order valence-corrected chi connectivity index (χ1v) is 7.49. The number of anilines is 1. The summed E-state index contributed by atoms with van der Waals surface area (Å²) in [5, 5.41) is 4.03. The fraction of sp³-hybridized carbons (Fsp3) is 0.200. The van der Waals surface area contributed by atoms with Crippen molar-refractivity contribution in [2.24, 2.45) is 0 Å². The van der Waals surface area contributed by atoms with Crippen LogP contribution in [0.5, 0.6) is 11.5 Å². The van der Waals surface area contributed by atoms with Crippen LogP contribution in [0.25, 0.3) is 0 Å². The minimum Gasteiger partial charge on any atom is -0.493 e. The summed E-state index contributed by atoms with van der Waals surface area (Å²) in [6, 6.07) is 11.8. The normalized spacial score (nSPS) is 10.2. The van der Waals surface area contributed by atoms with Gasteiger partial charge in [0.2, 0.25) is 0 Å². The number of hydrogen-bond acceptors (Lipinski definition) is 3. The van der Waals surface area contributed by atoms with Crippen molar-refractivity contribution in [2.45, 2.75) is 6.54 Å². The van der Waals surface area contributed by atoms with Crippen LogP contribution in [0.1, 0.15) is 5.56 Å². The molecule has 2 aromatic carbocycles. The van der Waals surface area contributed by atoms with Gasteiger partial charge in [-0.3, -0.25) is 0 Å². The molecule has 0 atom stereocenters. The highest BCUT2D eigenvalue weighted by atomic mass is 127. The van der Waals surface area contributed by atoms with Crippen LogP contribution >= 0.6 is 34.2 Å². The van der Waals surface area contributed by atoms with Gasteiger partial charge in [0, 0.05) is 10.1 Å². The minimum absolute atomic E-state index is 0.667. The van der Waals surface area contributed by atoms with Crippen molar-refractivity contribution >= 4 is 39.9 Å². The van der Waals surface area contributed by atoms with Crippen molar-refractivity contribution < 1.29 is 9.47 Å². The van der Waals surface area contributed by atoms with E-state index in [4.69, 9.17) is 21.1 Å². The highest BCUT2D eigenvalue weighted by molar-refractivity contribution is 14.1. The monoisotopic (exact) mass is 403 g/mol. The SMILES string of the molecule is COc1ccc(CNc2ccc(I)cc2Cl)cc1OC. The Kier molecular flexibility index (Phi) is 5.37. The van der Waals surface area contributed by atoms with Crippen LogP contribution in [0.3, 0.4) is 0 Å². The largest absolute Gasteiger partial charge is 0.493 e. The topological polar surface area (TPSA) is 30.5 Å². The van der Waals surface area contributed by atoms with Gasteiger partial charge in [0.25, 0.3) is 0 Å². The van der Waals surface area contributed by atoms with E-state index in [1.807, 2.05) is 36.4 Å². The molecule has 3 nitrogen and oxygen atoms in total. The second-order valence-electron chi connectivity index (χ2n) is 4.17. The lowest BCUT2D eigenvalue weighted by molar-refractivity contribution is 0.354. The van der Waals surface area contributed by atoms with Crippen LogP contribution < -0.4 is 14.8 Å². The molecule has 0 saturated carbocycles. The zero-order chi connectivity index (χ0) is 14.5. The summed E-state index contributed by atoms with van der Waals surface area (Å²) in [5.74, 6) is 1.45. The van der Waals surface area contributed by atoms with E-state index in [-0.39, 0.29) is 0 Å². The molecule has 0 unspecified atom stereocenters. The summed E-state index contributed by atoms with van der Waals surface area (Å²) in [7, 11) is 3.26. The molecule has 0 heterocycles. The fourth-order valence-corrected chi connectivity index (χ4v) is 2.74. The summed E-state index contributed by atoms with van der Waals surface area (Å²) in [5.41, 5.74) is 2.01. The molecule has 20 heavy (non-hydrogen) atoms. The lowest BCUT2D eigenvalue weighted by Gasteiger charge is -2.12. The first-order valence-electron chi connectivity index (χ1n) is 6.04. The molecule has 0 amide bonds. The van der Waals surface area contributed by atoms with Crippen molar-refractivity contribution in [2.75, 3.05) is 19.5 Å². The van der Waals surface area contributed by atoms with Gasteiger partial charge in [0.15, 0.2) is 11.5 Å². The van der Waals surface area contributed by atoms with Crippen molar-refractivity contribution in [1.82, 2.24) is 0 Å². The van der Waals surface area contributed by atoms with E-state index >= 15 is 0 Å². The highest BCUT2D eigenvalue weighted by Gasteiger charge is 2.05. The number of benzene rings is 2. The second-order valence-corrected chi connectivity index (χ2v) is 5.82. The Labute approximate surface area is 137 Å². The summed E-state index contributed by atoms with van der Waals surface area (Å²) < 4.78 is 11.6. The Morgan fingerprint density at radius 2 is 1.80 bits per heavy atom. The molecule has 5 heteroatoms. The second kappa shape index (κ2) is 7.04. The first kappa shape index (κ1) is 15.3. The molecule has 0 aromatic heterocycles. The third kappa shape index (κ3) is 3.70. The molecular formula is C15H15ClINO2. The maximum Gasteiger partial charge on any atom is 0.161 e. The Bertz CT molecular complexity index is 604. The predicted molar refractivity (Wildman–Crippen MR) is 91.0 cm³/mol. The van der Waals surface area contributed by atoms with Crippen LogP contribution in [0, 0.1) is 3.57 Å². The molecule has 106 valence electrons. The zero-order valence-electron chi connectivity index (χ0n) is 11.2. The molecule has 0 spiro atoms. The number of methoxy groups -OCH3 is 2. The molecule has 0 aliphatic rings. The van der Waals surface area contributed by atoms with E-state index < -0.39 is 0 Å². The third-order valence-electron chi connectivity index (χ3n) is 2.86. The van der Waals surface area contributed by atoms with Gasteiger partial charge >= 0.3 is 0 Å². The smallest absolute Gasteiger partial charge is 0.161 e. The standard InChI is InChI=1S/C15H15ClINO2/c1-19-14-6-3-10(7-15(14)20-2)9-18-13-5-4-11(17)8-12(13)16/h3-8,18H,9H2,1-2H3. The Hall–Kier alpha value is -1.14. The maximum absolute atomic E-state index is 6.19. The molecule has 0 saturated heterocycles. The molecule has 2 rings (SSSR count). The predicted octanol–water partition coefficient (Wildman–Crippen LogP) is 4.57. The Morgan fingerprint density at radius 3 is 2.45 bits per heavy atom. The third-order valence-corrected chi connectivity index (χ3v) is 3.85. The fourth-order valence-electron chi connectivity index (χ4n) is 1.82. The zero-order valence-corrected chi connectivity index (χ0v) is 14.2. The summed E-state index contributed by atoms with van der Waals surface area (Å²) in [6.07, 6.45) is 0. The molecule has 2 aromatic rings. The van der Waals surface area contributed by atoms with E-state index in [0.717, 1.165) is 31.3 Å². The number of rotatable bonds is 5. The van der Waals surface area contributed by atoms with Gasteiger partial charge in [-0.1, -0.05) is 17.7 Å². The Balaban J connectivity index is 2.10. The minimum atomic E-state index is 0.667. The number of hydrogen-bond donors (Lipinski definition) is 1. The number of halogens is 2. The quantitative estimate of drug-likeness (QED) is 0.742. The van der Waals surface area contributed by atoms with Crippen LogP contribution in [-0.4, -0.2) is 14.2 Å². The van der Waals surface area contributed by atoms with Crippen LogP contribution in [0.4, 0.5) is 5.69 Å². The van der Waals surface area contributed by atoms with Gasteiger partial charge in [-0.15, -0.1) is 0 Å². The van der Waals surface area contributed by atoms with Gasteiger partial charge in [0.1, 0.15) is 0 Å². The molecule has 0 bridgehead atoms. The molecule has 0 fully saturated rings. The number of nitrogens with one attached hydrogen (secondary N) is 1. The van der Waals surface area contributed by atoms with E-state index in [1.54, 1.807) is 14.2 Å². The van der Waals surface area contributed by atoms with Gasteiger partial charge in [-0.25, -0.2) is 0 Å². The van der Waals surface area contributed by atoms with Crippen molar-refractivity contribution in [3.8, 4) is 11.5 Å². The van der Waals surface area contributed by atoms with E-state index in [9.17, 15) is 0 Å². The van der Waals surface area contributed by atoms with E-state index in [1.165, 1.54) is 0 Å². The molecule has 0 aliphatic carbocycles. The summed E-state index contributed by atoms with van der Waals surface area (Å²) >= 11 is 8.43. The van der Waals surface area contributed by atoms with Crippen LogP contribution in [0.15, 0.2) is 36.4 Å². The first-order chi connectivity index (χ1) is 9.63. The van der Waals surface area contributed by atoms with Gasteiger partial charge < -0.3 is 14.8 Å².